The molecule has 1 saturated carbocycles. The maximum atomic E-state index is 6.16. The SMILES string of the molecule is CCN1CCCC1CN(c1nc(N)nc(Nc2ccc(C)cc2)n1)C1CCCCCC1. The molecule has 1 atom stereocenters. The molecule has 2 aromatic rings. The first kappa shape index (κ1) is 21.8. The van der Waals surface area contributed by atoms with Gasteiger partial charge in [0.2, 0.25) is 17.8 Å². The van der Waals surface area contributed by atoms with E-state index in [2.05, 4.69) is 51.1 Å². The molecule has 7 nitrogen and oxygen atoms in total. The van der Waals surface area contributed by atoms with Gasteiger partial charge >= 0.3 is 0 Å². The van der Waals surface area contributed by atoms with E-state index in [0.717, 1.165) is 24.7 Å². The van der Waals surface area contributed by atoms with Crippen LogP contribution in [0, 0.1) is 6.92 Å². The molecule has 1 saturated heterocycles. The van der Waals surface area contributed by atoms with E-state index in [1.807, 2.05) is 12.1 Å². The molecule has 1 aromatic carbocycles. The highest BCUT2D eigenvalue weighted by Crippen LogP contribution is 2.28. The summed E-state index contributed by atoms with van der Waals surface area (Å²) in [5, 5.41) is 3.32. The third kappa shape index (κ3) is 5.64. The van der Waals surface area contributed by atoms with E-state index in [9.17, 15) is 0 Å². The van der Waals surface area contributed by atoms with Crippen LogP contribution in [0.15, 0.2) is 24.3 Å². The van der Waals surface area contributed by atoms with Gasteiger partial charge in [-0.1, -0.05) is 50.3 Å². The lowest BCUT2D eigenvalue weighted by atomic mass is 10.1. The topological polar surface area (TPSA) is 83.2 Å². The smallest absolute Gasteiger partial charge is 0.233 e. The summed E-state index contributed by atoms with van der Waals surface area (Å²) in [5.41, 5.74) is 8.33. The average molecular weight is 424 g/mol. The van der Waals surface area contributed by atoms with Crippen LogP contribution in [-0.4, -0.2) is 51.6 Å². The molecule has 0 amide bonds. The lowest BCUT2D eigenvalue weighted by molar-refractivity contribution is 0.262. The van der Waals surface area contributed by atoms with Crippen molar-refractivity contribution >= 4 is 23.5 Å². The van der Waals surface area contributed by atoms with E-state index in [-0.39, 0.29) is 5.95 Å². The van der Waals surface area contributed by atoms with Crippen LogP contribution < -0.4 is 16.0 Å². The van der Waals surface area contributed by atoms with Crippen LogP contribution in [0.5, 0.6) is 0 Å². The summed E-state index contributed by atoms with van der Waals surface area (Å²) in [4.78, 5) is 18.9. The maximum absolute atomic E-state index is 6.16. The Morgan fingerprint density at radius 3 is 2.45 bits per heavy atom. The van der Waals surface area contributed by atoms with E-state index < -0.39 is 0 Å². The van der Waals surface area contributed by atoms with Crippen molar-refractivity contribution in [2.45, 2.75) is 77.3 Å². The number of likely N-dealkylation sites (tertiary alicyclic amines) is 1. The molecule has 3 N–H and O–H groups in total. The van der Waals surface area contributed by atoms with Gasteiger partial charge in [-0.25, -0.2) is 0 Å². The molecule has 0 bridgehead atoms. The van der Waals surface area contributed by atoms with Gasteiger partial charge in [0, 0.05) is 24.3 Å². The van der Waals surface area contributed by atoms with Crippen molar-refractivity contribution in [3.05, 3.63) is 29.8 Å². The third-order valence-electron chi connectivity index (χ3n) is 6.78. The predicted molar refractivity (Wildman–Crippen MR) is 128 cm³/mol. The van der Waals surface area contributed by atoms with E-state index in [4.69, 9.17) is 10.7 Å². The Labute approximate surface area is 186 Å². The molecule has 1 aromatic heterocycles. The normalized spacial score (nSPS) is 20.5. The van der Waals surface area contributed by atoms with Crippen LogP contribution in [0.2, 0.25) is 0 Å². The molecule has 4 rings (SSSR count). The van der Waals surface area contributed by atoms with Gasteiger partial charge in [-0.15, -0.1) is 0 Å². The van der Waals surface area contributed by atoms with Gasteiger partial charge in [-0.2, -0.15) is 15.0 Å². The Kier molecular flexibility index (Phi) is 7.22. The standard InChI is InChI=1S/C24H37N7/c1-3-30-16-8-11-21(30)17-31(20-9-6-4-5-7-10-20)24-28-22(25)27-23(29-24)26-19-14-12-18(2)13-15-19/h12-15,20-21H,3-11,16-17H2,1-2H3,(H3,25,26,27,28,29). The minimum atomic E-state index is 0.275. The fraction of sp³-hybridized carbons (Fsp3) is 0.625. The summed E-state index contributed by atoms with van der Waals surface area (Å²) >= 11 is 0. The lowest BCUT2D eigenvalue weighted by Gasteiger charge is -2.36. The van der Waals surface area contributed by atoms with E-state index >= 15 is 0 Å². The largest absolute Gasteiger partial charge is 0.368 e. The number of hydrogen-bond acceptors (Lipinski definition) is 7. The molecule has 7 heteroatoms. The lowest BCUT2D eigenvalue weighted by Crippen LogP contribution is -2.46. The number of aromatic nitrogens is 3. The molecule has 168 valence electrons. The first-order valence-corrected chi connectivity index (χ1v) is 12.0. The van der Waals surface area contributed by atoms with Gasteiger partial charge < -0.3 is 16.0 Å². The number of likely N-dealkylation sites (N-methyl/N-ethyl adjacent to an activating group) is 1. The number of anilines is 4. The maximum Gasteiger partial charge on any atom is 0.233 e. The summed E-state index contributed by atoms with van der Waals surface area (Å²) < 4.78 is 0. The summed E-state index contributed by atoms with van der Waals surface area (Å²) in [6.07, 6.45) is 10.1. The van der Waals surface area contributed by atoms with Crippen molar-refractivity contribution < 1.29 is 0 Å². The fourth-order valence-corrected chi connectivity index (χ4v) is 5.04. The second-order valence-electron chi connectivity index (χ2n) is 9.03. The molecule has 31 heavy (non-hydrogen) atoms. The van der Waals surface area contributed by atoms with Crippen LogP contribution in [-0.2, 0) is 0 Å². The van der Waals surface area contributed by atoms with Gasteiger partial charge in [0.05, 0.1) is 0 Å². The van der Waals surface area contributed by atoms with E-state index in [0.29, 0.717) is 18.0 Å². The predicted octanol–water partition coefficient (Wildman–Crippen LogP) is 4.52. The molecule has 2 heterocycles. The molecule has 1 aliphatic carbocycles. The average Bonchev–Trinajstić information content (AvgIpc) is 3.04. The van der Waals surface area contributed by atoms with Gasteiger partial charge in [0.1, 0.15) is 0 Å². The van der Waals surface area contributed by atoms with Gasteiger partial charge in [0.25, 0.3) is 0 Å². The molecule has 0 radical (unpaired) electrons. The van der Waals surface area contributed by atoms with Crippen LogP contribution in [0.4, 0.5) is 23.5 Å². The molecular weight excluding hydrogens is 386 g/mol. The summed E-state index contributed by atoms with van der Waals surface area (Å²) in [6.45, 7) is 7.60. The number of nitrogens with two attached hydrogens (primary N) is 1. The number of nitrogens with one attached hydrogen (secondary N) is 1. The number of aryl methyl sites for hydroxylation is 1. The summed E-state index contributed by atoms with van der Waals surface area (Å²) in [5.74, 6) is 1.51. The minimum absolute atomic E-state index is 0.275. The first-order valence-electron chi connectivity index (χ1n) is 12.0. The third-order valence-corrected chi connectivity index (χ3v) is 6.78. The van der Waals surface area contributed by atoms with Crippen LogP contribution in [0.25, 0.3) is 0 Å². The zero-order valence-electron chi connectivity index (χ0n) is 19.1. The second kappa shape index (κ2) is 10.3. The fourth-order valence-electron chi connectivity index (χ4n) is 5.04. The van der Waals surface area contributed by atoms with Crippen LogP contribution >= 0.6 is 0 Å². The van der Waals surface area contributed by atoms with E-state index in [1.54, 1.807) is 0 Å². The highest BCUT2D eigenvalue weighted by atomic mass is 15.3. The number of benzene rings is 1. The summed E-state index contributed by atoms with van der Waals surface area (Å²) in [6, 6.07) is 9.25. The second-order valence-corrected chi connectivity index (χ2v) is 9.03. The highest BCUT2D eigenvalue weighted by Gasteiger charge is 2.30. The Bertz CT molecular complexity index is 830. The molecule has 0 spiro atoms. The van der Waals surface area contributed by atoms with Gasteiger partial charge in [-0.3, -0.25) is 4.90 Å². The number of rotatable bonds is 7. The molecular formula is C24H37N7. The van der Waals surface area contributed by atoms with Crippen LogP contribution in [0.1, 0.15) is 63.9 Å². The first-order chi connectivity index (χ1) is 15.1. The van der Waals surface area contributed by atoms with Crippen molar-refractivity contribution in [3.8, 4) is 0 Å². The van der Waals surface area contributed by atoms with Crippen molar-refractivity contribution in [1.29, 1.82) is 0 Å². The summed E-state index contributed by atoms with van der Waals surface area (Å²) in [7, 11) is 0. The van der Waals surface area contributed by atoms with Crippen molar-refractivity contribution in [2.24, 2.45) is 0 Å². The Morgan fingerprint density at radius 2 is 1.74 bits per heavy atom. The molecule has 1 unspecified atom stereocenters. The zero-order chi connectivity index (χ0) is 21.6. The monoisotopic (exact) mass is 423 g/mol. The Morgan fingerprint density at radius 1 is 1.00 bits per heavy atom. The van der Waals surface area contributed by atoms with E-state index in [1.165, 1.54) is 63.5 Å². The number of nitrogens with zero attached hydrogens (tertiary/aromatic N) is 5. The zero-order valence-corrected chi connectivity index (χ0v) is 19.1. The van der Waals surface area contributed by atoms with Crippen molar-refractivity contribution in [1.82, 2.24) is 19.9 Å². The van der Waals surface area contributed by atoms with Gasteiger partial charge in [-0.05, 0) is 57.8 Å². The van der Waals surface area contributed by atoms with Crippen molar-refractivity contribution in [3.63, 3.8) is 0 Å². The molecule has 2 fully saturated rings. The highest BCUT2D eigenvalue weighted by molar-refractivity contribution is 5.56. The van der Waals surface area contributed by atoms with Crippen molar-refractivity contribution in [2.75, 3.05) is 35.6 Å². The quantitative estimate of drug-likeness (QED) is 0.634. The Hall–Kier alpha value is -2.41. The Balaban J connectivity index is 1.61. The minimum Gasteiger partial charge on any atom is -0.368 e. The number of hydrogen-bond donors (Lipinski definition) is 2. The van der Waals surface area contributed by atoms with Gasteiger partial charge in [0.15, 0.2) is 0 Å². The van der Waals surface area contributed by atoms with Crippen LogP contribution in [0.3, 0.4) is 0 Å². The molecule has 2 aliphatic rings. The number of nitrogen functional groups attached to an aromatic ring is 1. The molecule has 1 aliphatic heterocycles.